The number of carbonyl (C=O) groups is 1. The number of aromatic carboxylic acids is 1. The number of phenolic OH excluding ortho intramolecular Hbond substituents is 1. The minimum Gasteiger partial charge on any atom is -0.504 e. The number of carboxylic acid groups (broad SMARTS) is 1. The molecule has 0 aliphatic heterocycles. The maximum Gasteiger partial charge on any atom is 0.338 e. The molecule has 3 nitrogen and oxygen atoms in total. The maximum atomic E-state index is 12.7. The zero-order valence-electron chi connectivity index (χ0n) is 6.01. The van der Waals surface area contributed by atoms with Crippen LogP contribution in [-0.2, 0) is 0 Å². The number of rotatable bonds is 1. The fraction of sp³-hybridized carbons (Fsp3) is 0. The highest BCUT2D eigenvalue weighted by molar-refractivity contribution is 6.32. The number of halogens is 3. The first kappa shape index (κ1) is 9.73. The number of aromatic hydroxyl groups is 1. The molecule has 1 aromatic carbocycles. The highest BCUT2D eigenvalue weighted by Crippen LogP contribution is 2.30. The van der Waals surface area contributed by atoms with Crippen LogP contribution in [0.3, 0.4) is 0 Å². The summed E-state index contributed by atoms with van der Waals surface area (Å²) in [5, 5.41) is 16.6. The summed E-state index contributed by atoms with van der Waals surface area (Å²) in [5.74, 6) is -6.04. The van der Waals surface area contributed by atoms with Gasteiger partial charge in [-0.05, 0) is 6.07 Å². The molecule has 0 spiro atoms. The molecule has 2 N–H and O–H groups in total. The van der Waals surface area contributed by atoms with Crippen LogP contribution < -0.4 is 0 Å². The average Bonchev–Trinajstić information content (AvgIpc) is 2.07. The van der Waals surface area contributed by atoms with E-state index in [9.17, 15) is 13.6 Å². The lowest BCUT2D eigenvalue weighted by Gasteiger charge is -2.02. The second-order valence-electron chi connectivity index (χ2n) is 2.19. The fourth-order valence-corrected chi connectivity index (χ4v) is 0.933. The second kappa shape index (κ2) is 3.18. The van der Waals surface area contributed by atoms with E-state index in [0.717, 1.165) is 0 Å². The number of hydrogen-bond donors (Lipinski definition) is 2. The van der Waals surface area contributed by atoms with Crippen molar-refractivity contribution >= 4 is 17.6 Å². The van der Waals surface area contributed by atoms with E-state index in [-0.39, 0.29) is 0 Å². The molecule has 1 rings (SSSR count). The van der Waals surface area contributed by atoms with Crippen molar-refractivity contribution in [2.45, 2.75) is 0 Å². The molecule has 0 aromatic heterocycles. The Bertz CT molecular complexity index is 378. The van der Waals surface area contributed by atoms with E-state index >= 15 is 0 Å². The van der Waals surface area contributed by atoms with E-state index in [1.165, 1.54) is 0 Å². The summed E-state index contributed by atoms with van der Waals surface area (Å²) >= 11 is 5.22. The Hall–Kier alpha value is -1.36. The van der Waals surface area contributed by atoms with Gasteiger partial charge in [-0.25, -0.2) is 9.18 Å². The van der Waals surface area contributed by atoms with Crippen LogP contribution in [0.25, 0.3) is 0 Å². The van der Waals surface area contributed by atoms with Gasteiger partial charge in [-0.1, -0.05) is 11.6 Å². The summed E-state index contributed by atoms with van der Waals surface area (Å²) in [5.41, 5.74) is -0.916. The van der Waals surface area contributed by atoms with E-state index < -0.39 is 33.9 Å². The molecule has 0 saturated heterocycles. The summed E-state index contributed by atoms with van der Waals surface area (Å²) < 4.78 is 25.4. The molecule has 0 bridgehead atoms. The van der Waals surface area contributed by atoms with E-state index in [1.54, 1.807) is 0 Å². The first-order valence-corrected chi connectivity index (χ1v) is 3.42. The van der Waals surface area contributed by atoms with Crippen LogP contribution in [0.5, 0.6) is 5.75 Å². The highest BCUT2D eigenvalue weighted by atomic mass is 35.5. The van der Waals surface area contributed by atoms with E-state index in [1.807, 2.05) is 0 Å². The van der Waals surface area contributed by atoms with Crippen LogP contribution in [0.1, 0.15) is 10.4 Å². The van der Waals surface area contributed by atoms with Crippen LogP contribution in [0, 0.1) is 11.6 Å². The molecule has 0 radical (unpaired) electrons. The van der Waals surface area contributed by atoms with Crippen molar-refractivity contribution < 1.29 is 23.8 Å². The van der Waals surface area contributed by atoms with Gasteiger partial charge in [0.1, 0.15) is 0 Å². The molecule has 0 unspecified atom stereocenters. The molecule has 70 valence electrons. The van der Waals surface area contributed by atoms with Crippen LogP contribution in [0.15, 0.2) is 6.07 Å². The maximum absolute atomic E-state index is 12.7. The molecule has 0 aliphatic rings. The normalized spacial score (nSPS) is 10.1. The molecule has 0 heterocycles. The molecule has 0 fully saturated rings. The van der Waals surface area contributed by atoms with Crippen LogP contribution in [-0.4, -0.2) is 16.2 Å². The standard InChI is InChI=1S/C7H3ClF2O3/c8-3-1-2(7(12)13)4(9)5(10)6(3)11/h1,11H,(H,12,13). The minimum absolute atomic E-state index is 0.545. The third-order valence-electron chi connectivity index (χ3n) is 1.36. The Labute approximate surface area is 76.2 Å². The van der Waals surface area contributed by atoms with Gasteiger partial charge in [0.05, 0.1) is 10.6 Å². The number of hydrogen-bond acceptors (Lipinski definition) is 2. The first-order chi connectivity index (χ1) is 5.95. The molecular formula is C7H3ClF2O3. The van der Waals surface area contributed by atoms with Crippen LogP contribution in [0.2, 0.25) is 5.02 Å². The predicted molar refractivity (Wildman–Crippen MR) is 40.0 cm³/mol. The molecular weight excluding hydrogens is 206 g/mol. The van der Waals surface area contributed by atoms with E-state index in [2.05, 4.69) is 0 Å². The lowest BCUT2D eigenvalue weighted by Crippen LogP contribution is -2.03. The van der Waals surface area contributed by atoms with Crippen LogP contribution >= 0.6 is 11.6 Å². The molecule has 1 aromatic rings. The van der Waals surface area contributed by atoms with Gasteiger partial charge >= 0.3 is 5.97 Å². The Morgan fingerprint density at radius 2 is 1.92 bits per heavy atom. The summed E-state index contributed by atoms with van der Waals surface area (Å²) in [7, 11) is 0. The second-order valence-corrected chi connectivity index (χ2v) is 2.59. The average molecular weight is 209 g/mol. The Kier molecular flexibility index (Phi) is 2.38. The highest BCUT2D eigenvalue weighted by Gasteiger charge is 2.20. The monoisotopic (exact) mass is 208 g/mol. The van der Waals surface area contributed by atoms with Crippen molar-refractivity contribution in [2.24, 2.45) is 0 Å². The van der Waals surface area contributed by atoms with Crippen LogP contribution in [0.4, 0.5) is 8.78 Å². The SMILES string of the molecule is O=C(O)c1cc(Cl)c(O)c(F)c1F. The summed E-state index contributed by atoms with van der Waals surface area (Å²) in [6.07, 6.45) is 0. The van der Waals surface area contributed by atoms with Gasteiger partial charge < -0.3 is 10.2 Å². The lowest BCUT2D eigenvalue weighted by atomic mass is 10.2. The smallest absolute Gasteiger partial charge is 0.338 e. The van der Waals surface area contributed by atoms with Gasteiger partial charge in [-0.3, -0.25) is 0 Å². The summed E-state index contributed by atoms with van der Waals surface area (Å²) in [4.78, 5) is 10.3. The van der Waals surface area contributed by atoms with Crippen molar-refractivity contribution in [1.29, 1.82) is 0 Å². The zero-order valence-corrected chi connectivity index (χ0v) is 6.77. The summed E-state index contributed by atoms with van der Waals surface area (Å²) in [6.45, 7) is 0. The third-order valence-corrected chi connectivity index (χ3v) is 1.65. The van der Waals surface area contributed by atoms with Gasteiger partial charge in [0.25, 0.3) is 0 Å². The molecule has 0 amide bonds. The molecule has 6 heteroatoms. The number of phenols is 1. The van der Waals surface area contributed by atoms with Crippen molar-refractivity contribution in [3.05, 3.63) is 28.3 Å². The first-order valence-electron chi connectivity index (χ1n) is 3.05. The Morgan fingerprint density at radius 3 is 2.38 bits per heavy atom. The van der Waals surface area contributed by atoms with E-state index in [0.29, 0.717) is 6.07 Å². The van der Waals surface area contributed by atoms with Crippen molar-refractivity contribution in [3.8, 4) is 5.75 Å². The van der Waals surface area contributed by atoms with Crippen molar-refractivity contribution in [1.82, 2.24) is 0 Å². The lowest BCUT2D eigenvalue weighted by molar-refractivity contribution is 0.0690. The van der Waals surface area contributed by atoms with Crippen molar-refractivity contribution in [3.63, 3.8) is 0 Å². The topological polar surface area (TPSA) is 57.5 Å². The van der Waals surface area contributed by atoms with Gasteiger partial charge in [0.15, 0.2) is 11.6 Å². The largest absolute Gasteiger partial charge is 0.504 e. The van der Waals surface area contributed by atoms with Gasteiger partial charge in [-0.15, -0.1) is 0 Å². The quantitative estimate of drug-likeness (QED) is 0.695. The molecule has 13 heavy (non-hydrogen) atoms. The van der Waals surface area contributed by atoms with Gasteiger partial charge in [0, 0.05) is 0 Å². The van der Waals surface area contributed by atoms with Crippen molar-refractivity contribution in [2.75, 3.05) is 0 Å². The molecule has 0 atom stereocenters. The zero-order chi connectivity index (χ0) is 10.2. The Morgan fingerprint density at radius 1 is 1.38 bits per heavy atom. The van der Waals surface area contributed by atoms with Gasteiger partial charge in [-0.2, -0.15) is 4.39 Å². The summed E-state index contributed by atoms with van der Waals surface area (Å²) in [6, 6.07) is 0.637. The Balaban J connectivity index is 3.50. The van der Waals surface area contributed by atoms with E-state index in [4.69, 9.17) is 21.8 Å². The molecule has 0 aliphatic carbocycles. The fourth-order valence-electron chi connectivity index (χ4n) is 0.741. The number of carboxylic acids is 1. The minimum atomic E-state index is -1.66. The number of benzene rings is 1. The van der Waals surface area contributed by atoms with Gasteiger partial charge in [0.2, 0.25) is 5.82 Å². The predicted octanol–water partition coefficient (Wildman–Crippen LogP) is 2.02. The third kappa shape index (κ3) is 1.55. The molecule has 0 saturated carbocycles.